The number of hydrogen-bond acceptors (Lipinski definition) is 15. The molecule has 2 aromatic rings. The lowest BCUT2D eigenvalue weighted by Crippen LogP contribution is -2.63. The number of hydrogen-bond donors (Lipinski definition) is 4. The van der Waals surface area contributed by atoms with Crippen LogP contribution in [-0.4, -0.2) is 103 Å². The van der Waals surface area contributed by atoms with Crippen LogP contribution < -0.4 is 29.6 Å². The van der Waals surface area contributed by atoms with Gasteiger partial charge in [0.15, 0.2) is 29.6 Å². The molecule has 0 radical (unpaired) electrons. The largest absolute Gasteiger partial charge is 0.492 e. The molecule has 2 saturated heterocycles. The predicted molar refractivity (Wildman–Crippen MR) is 158 cm³/mol. The summed E-state index contributed by atoms with van der Waals surface area (Å²) in [7, 11) is 0. The summed E-state index contributed by atoms with van der Waals surface area (Å²) in [5, 5.41) is 30.3. The molecule has 5 aliphatic heterocycles. The third-order valence-corrected chi connectivity index (χ3v) is 8.96. The van der Waals surface area contributed by atoms with E-state index in [-0.39, 0.29) is 57.2 Å². The van der Waals surface area contributed by atoms with Crippen LogP contribution in [-0.2, 0) is 33.4 Å². The summed E-state index contributed by atoms with van der Waals surface area (Å²) in [6.07, 6.45) is -8.01. The van der Waals surface area contributed by atoms with E-state index in [0.29, 0.717) is 36.0 Å². The van der Waals surface area contributed by atoms with E-state index in [4.69, 9.17) is 58.5 Å². The van der Waals surface area contributed by atoms with Crippen molar-refractivity contribution in [1.82, 2.24) is 0 Å². The smallest absolute Gasteiger partial charge is 0.317 e. The zero-order valence-corrected chi connectivity index (χ0v) is 25.8. The Kier molecular flexibility index (Phi) is 9.46. The highest BCUT2D eigenvalue weighted by Crippen LogP contribution is 2.54. The van der Waals surface area contributed by atoms with E-state index in [1.54, 1.807) is 18.2 Å². The maximum atomic E-state index is 12.3. The van der Waals surface area contributed by atoms with Crippen LogP contribution >= 0.6 is 0 Å². The van der Waals surface area contributed by atoms with Crippen LogP contribution in [0.5, 0.6) is 28.7 Å². The zero-order valence-electron chi connectivity index (χ0n) is 25.8. The van der Waals surface area contributed by atoms with Gasteiger partial charge in [0, 0.05) is 30.3 Å². The number of carbonyl (C=O) groups excluding carboxylic acids is 1. The highest BCUT2D eigenvalue weighted by Gasteiger charge is 2.54. The van der Waals surface area contributed by atoms with E-state index in [1.807, 2.05) is 12.1 Å². The maximum Gasteiger partial charge on any atom is 0.317 e. The lowest BCUT2D eigenvalue weighted by molar-refractivity contribution is -0.379. The Labute approximate surface area is 274 Å². The number of carbonyl (C=O) groups is 2. The van der Waals surface area contributed by atoms with E-state index in [0.717, 1.165) is 11.1 Å². The standard InChI is InChI=1S/C32H37NO15/c33-6-8-39-32-31(27(38)30-29(46-32)21(44-26(37)12-25(35)36)4-1-15(43-30)5-7-34)48-47-16-2-3-20-18(9-16)28-19(13-40-20)17-10-23-24(42-14-41-23)11-22(17)45-28/h2-3,9-11,15,19,21,27-32,34,38H,1,4-8,12-14,33H2,(H,35,36)/t15-,19-,21+,27+,28+,29-,30-,31+,32-/m1/s1. The fraction of sp³-hybridized carbons (Fsp3) is 0.562. The minimum absolute atomic E-state index is 0.0305. The number of nitrogens with two attached hydrogens (primary N) is 1. The molecule has 0 spiro atoms. The van der Waals surface area contributed by atoms with Crippen LogP contribution in [0, 0.1) is 0 Å². The van der Waals surface area contributed by atoms with Crippen molar-refractivity contribution >= 4 is 11.9 Å². The number of esters is 1. The molecule has 0 amide bonds. The third-order valence-electron chi connectivity index (χ3n) is 8.96. The summed E-state index contributed by atoms with van der Waals surface area (Å²) in [4.78, 5) is 35.0. The Balaban J connectivity index is 1.09. The first-order chi connectivity index (χ1) is 23.3. The molecule has 9 atom stereocenters. The quantitative estimate of drug-likeness (QED) is 0.114. The molecule has 0 aromatic heterocycles. The number of aliphatic carboxylic acids is 1. The van der Waals surface area contributed by atoms with Gasteiger partial charge in [0.2, 0.25) is 6.79 Å². The number of carboxylic acid groups (broad SMARTS) is 1. The predicted octanol–water partition coefficient (Wildman–Crippen LogP) is 1.08. The van der Waals surface area contributed by atoms with Crippen molar-refractivity contribution in [3.8, 4) is 28.7 Å². The number of benzene rings is 2. The van der Waals surface area contributed by atoms with Crippen LogP contribution in [0.25, 0.3) is 0 Å². The Bertz CT molecular complexity index is 1500. The molecule has 2 aromatic carbocycles. The molecule has 5 aliphatic rings. The number of aliphatic hydroxyl groups excluding tert-OH is 2. The van der Waals surface area contributed by atoms with Gasteiger partial charge in [-0.25, -0.2) is 0 Å². The van der Waals surface area contributed by atoms with E-state index < -0.39 is 61.3 Å². The number of aliphatic hydroxyl groups is 2. The van der Waals surface area contributed by atoms with Crippen molar-refractivity contribution in [2.75, 3.05) is 33.2 Å². The molecule has 16 nitrogen and oxygen atoms in total. The summed E-state index contributed by atoms with van der Waals surface area (Å²) < 4.78 is 47.1. The first-order valence-electron chi connectivity index (χ1n) is 15.9. The first-order valence-corrected chi connectivity index (χ1v) is 15.9. The molecule has 0 bridgehead atoms. The van der Waals surface area contributed by atoms with Crippen LogP contribution in [0.2, 0.25) is 0 Å². The summed E-state index contributed by atoms with van der Waals surface area (Å²) in [6.45, 7) is 0.530. The Morgan fingerprint density at radius 3 is 2.58 bits per heavy atom. The minimum Gasteiger partial charge on any atom is -0.492 e. The molecule has 5 N–H and O–H groups in total. The van der Waals surface area contributed by atoms with Crippen molar-refractivity contribution < 1.29 is 72.6 Å². The van der Waals surface area contributed by atoms with Crippen molar-refractivity contribution in [3.63, 3.8) is 0 Å². The fourth-order valence-corrected chi connectivity index (χ4v) is 6.74. The summed E-state index contributed by atoms with van der Waals surface area (Å²) >= 11 is 0. The normalized spacial score (nSPS) is 31.2. The number of carboxylic acids is 1. The van der Waals surface area contributed by atoms with Gasteiger partial charge in [-0.05, 0) is 43.5 Å². The molecule has 48 heavy (non-hydrogen) atoms. The molecule has 5 heterocycles. The highest BCUT2D eigenvalue weighted by molar-refractivity contribution is 5.90. The summed E-state index contributed by atoms with van der Waals surface area (Å²) in [5.74, 6) is 0.431. The van der Waals surface area contributed by atoms with Gasteiger partial charge in [-0.15, -0.1) is 0 Å². The van der Waals surface area contributed by atoms with E-state index >= 15 is 0 Å². The van der Waals surface area contributed by atoms with Gasteiger partial charge in [-0.3, -0.25) is 9.59 Å². The maximum absolute atomic E-state index is 12.3. The van der Waals surface area contributed by atoms with Crippen LogP contribution in [0.4, 0.5) is 0 Å². The van der Waals surface area contributed by atoms with Gasteiger partial charge in [0.25, 0.3) is 0 Å². The topological polar surface area (TPSA) is 213 Å². The average molecular weight is 676 g/mol. The second-order valence-electron chi connectivity index (χ2n) is 12.1. The van der Waals surface area contributed by atoms with Crippen LogP contribution in [0.3, 0.4) is 0 Å². The second-order valence-corrected chi connectivity index (χ2v) is 12.1. The summed E-state index contributed by atoms with van der Waals surface area (Å²) in [6, 6.07) is 8.83. The third kappa shape index (κ3) is 6.44. The molecule has 0 unspecified atom stereocenters. The lowest BCUT2D eigenvalue weighted by Gasteiger charge is -2.44. The number of fused-ring (bicyclic) bond motifs is 7. The molecule has 0 aliphatic carbocycles. The zero-order chi connectivity index (χ0) is 33.4. The van der Waals surface area contributed by atoms with Crippen molar-refractivity contribution in [3.05, 3.63) is 41.5 Å². The van der Waals surface area contributed by atoms with Gasteiger partial charge < -0.3 is 63.8 Å². The second kappa shape index (κ2) is 13.9. The fourth-order valence-electron chi connectivity index (χ4n) is 6.74. The van der Waals surface area contributed by atoms with Crippen molar-refractivity contribution in [1.29, 1.82) is 0 Å². The van der Waals surface area contributed by atoms with Gasteiger partial charge in [0.05, 0.1) is 25.2 Å². The molecule has 16 heteroatoms. The number of ether oxygens (including phenoxy) is 8. The number of rotatable bonds is 11. The van der Waals surface area contributed by atoms with Crippen LogP contribution in [0.1, 0.15) is 48.8 Å². The Hall–Kier alpha value is -3.90. The van der Waals surface area contributed by atoms with Crippen molar-refractivity contribution in [2.45, 2.75) is 80.6 Å². The van der Waals surface area contributed by atoms with Crippen molar-refractivity contribution in [2.24, 2.45) is 5.73 Å². The van der Waals surface area contributed by atoms with E-state index in [2.05, 4.69) is 0 Å². The van der Waals surface area contributed by atoms with Gasteiger partial charge >= 0.3 is 11.9 Å². The van der Waals surface area contributed by atoms with E-state index in [1.165, 1.54) is 0 Å². The monoisotopic (exact) mass is 675 g/mol. The molecular formula is C32H37NO15. The molecular weight excluding hydrogens is 638 g/mol. The highest BCUT2D eigenvalue weighted by atomic mass is 17.2. The molecule has 7 rings (SSSR count). The van der Waals surface area contributed by atoms with Crippen LogP contribution in [0.15, 0.2) is 30.3 Å². The summed E-state index contributed by atoms with van der Waals surface area (Å²) in [5.41, 5.74) is 7.36. The van der Waals surface area contributed by atoms with Gasteiger partial charge in [-0.2, -0.15) is 4.89 Å². The average Bonchev–Trinajstić information content (AvgIpc) is 3.63. The van der Waals surface area contributed by atoms with Gasteiger partial charge in [0.1, 0.15) is 48.4 Å². The van der Waals surface area contributed by atoms with Gasteiger partial charge in [-0.1, -0.05) is 0 Å². The lowest BCUT2D eigenvalue weighted by atomic mass is 9.89. The molecule has 2 fully saturated rings. The molecule has 0 saturated carbocycles. The molecule has 260 valence electrons. The van der Waals surface area contributed by atoms with E-state index in [9.17, 15) is 19.8 Å². The SMILES string of the molecule is NCCO[C@@H]1O[C@H]2[C@H](O[C@@H](CCO)CC[C@@H]2OC(=O)CC(=O)O)[C@H](O)[C@@H]1OOc1ccc2c(c1)[C@@H]1Oc3cc4c(cc3[C@H]1CO2)OCO4. The Morgan fingerprint density at radius 2 is 1.79 bits per heavy atom. The first kappa shape index (κ1) is 32.6. The minimum atomic E-state index is -1.43. The Morgan fingerprint density at radius 1 is 0.958 bits per heavy atom.